The van der Waals surface area contributed by atoms with Gasteiger partial charge in [0.25, 0.3) is 0 Å². The molecule has 0 saturated carbocycles. The van der Waals surface area contributed by atoms with Gasteiger partial charge in [-0.1, -0.05) is 43.0 Å². The van der Waals surface area contributed by atoms with Gasteiger partial charge >= 0.3 is 7.12 Å². The Hall–Kier alpha value is -1.32. The van der Waals surface area contributed by atoms with Crippen molar-refractivity contribution in [2.45, 2.75) is 38.9 Å². The van der Waals surface area contributed by atoms with E-state index >= 15 is 0 Å². The summed E-state index contributed by atoms with van der Waals surface area (Å²) in [6.07, 6.45) is 1.83. The normalized spacial score (nSPS) is 21.5. The summed E-state index contributed by atoms with van der Waals surface area (Å²) in [6, 6.07) is 10.1. The van der Waals surface area contributed by atoms with Gasteiger partial charge in [-0.15, -0.1) is 0 Å². The minimum atomic E-state index is -0.335. The van der Waals surface area contributed by atoms with Crippen LogP contribution < -0.4 is 0 Å². The topological polar surface area (TPSA) is 18.5 Å². The molecule has 0 N–H and O–H groups in total. The summed E-state index contributed by atoms with van der Waals surface area (Å²) in [5.41, 5.74) is 1.53. The van der Waals surface area contributed by atoms with Gasteiger partial charge in [0.2, 0.25) is 0 Å². The van der Waals surface area contributed by atoms with E-state index in [9.17, 15) is 0 Å². The summed E-state index contributed by atoms with van der Waals surface area (Å²) in [4.78, 5) is 0. The van der Waals surface area contributed by atoms with Gasteiger partial charge in [0.15, 0.2) is 0 Å². The Labute approximate surface area is 116 Å². The molecule has 1 aliphatic rings. The zero-order chi connectivity index (χ0) is 14.1. The van der Waals surface area contributed by atoms with Crippen LogP contribution in [-0.2, 0) is 9.31 Å². The summed E-state index contributed by atoms with van der Waals surface area (Å²) in [5, 5.41) is 0. The van der Waals surface area contributed by atoms with E-state index in [1.807, 2.05) is 30.3 Å². The molecule has 1 saturated heterocycles. The van der Waals surface area contributed by atoms with Crippen molar-refractivity contribution < 1.29 is 9.31 Å². The molecule has 3 heteroatoms. The second-order valence-electron chi connectivity index (χ2n) is 5.82. The van der Waals surface area contributed by atoms with Gasteiger partial charge in [0, 0.05) is 0 Å². The van der Waals surface area contributed by atoms with Crippen molar-refractivity contribution in [3.63, 3.8) is 0 Å². The van der Waals surface area contributed by atoms with E-state index in [2.05, 4.69) is 46.4 Å². The first kappa shape index (κ1) is 14.1. The third-order valence-electron chi connectivity index (χ3n) is 3.91. The maximum absolute atomic E-state index is 5.97. The van der Waals surface area contributed by atoms with Crippen molar-refractivity contribution in [3.05, 3.63) is 54.5 Å². The molecule has 0 radical (unpaired) electrons. The molecule has 1 aromatic rings. The van der Waals surface area contributed by atoms with Gasteiger partial charge in [-0.3, -0.25) is 0 Å². The van der Waals surface area contributed by atoms with Gasteiger partial charge in [0.1, 0.15) is 0 Å². The lowest BCUT2D eigenvalue weighted by atomic mass is 9.85. The molecular weight excluding hydrogens is 235 g/mol. The third kappa shape index (κ3) is 2.83. The smallest absolute Gasteiger partial charge is 0.400 e. The van der Waals surface area contributed by atoms with Crippen molar-refractivity contribution in [2.24, 2.45) is 0 Å². The monoisotopic (exact) mass is 256 g/mol. The first-order chi connectivity index (χ1) is 8.86. The maximum atomic E-state index is 5.97. The van der Waals surface area contributed by atoms with E-state index in [4.69, 9.17) is 9.31 Å². The molecule has 0 aliphatic carbocycles. The lowest BCUT2D eigenvalue weighted by Gasteiger charge is -2.32. The SMILES string of the molecule is C=C/C(=C\B1OC(C)(C)C(C)(C)O1)c1ccccc1. The van der Waals surface area contributed by atoms with Crippen LogP contribution in [-0.4, -0.2) is 18.3 Å². The van der Waals surface area contributed by atoms with Gasteiger partial charge < -0.3 is 9.31 Å². The molecule has 0 aromatic heterocycles. The van der Waals surface area contributed by atoms with E-state index in [1.54, 1.807) is 0 Å². The fourth-order valence-corrected chi connectivity index (χ4v) is 2.02. The fourth-order valence-electron chi connectivity index (χ4n) is 2.02. The Kier molecular flexibility index (Phi) is 3.70. The zero-order valence-electron chi connectivity index (χ0n) is 12.1. The van der Waals surface area contributed by atoms with Crippen LogP contribution >= 0.6 is 0 Å². The van der Waals surface area contributed by atoms with E-state index in [-0.39, 0.29) is 18.3 Å². The fraction of sp³-hybridized carbons (Fsp3) is 0.375. The van der Waals surface area contributed by atoms with Crippen LogP contribution in [0.4, 0.5) is 0 Å². The molecular formula is C16H21BO2. The van der Waals surface area contributed by atoms with Crippen LogP contribution in [0.25, 0.3) is 5.57 Å². The maximum Gasteiger partial charge on any atom is 0.487 e. The quantitative estimate of drug-likeness (QED) is 0.603. The van der Waals surface area contributed by atoms with Crippen LogP contribution in [0.3, 0.4) is 0 Å². The molecule has 0 spiro atoms. The number of rotatable bonds is 3. The summed E-state index contributed by atoms with van der Waals surface area (Å²) in [6.45, 7) is 12.1. The molecule has 100 valence electrons. The van der Waals surface area contributed by atoms with Crippen molar-refractivity contribution in [2.75, 3.05) is 0 Å². The zero-order valence-corrected chi connectivity index (χ0v) is 12.1. The molecule has 0 unspecified atom stereocenters. The summed E-state index contributed by atoms with van der Waals surface area (Å²) in [5.74, 6) is 1.98. The molecule has 1 fully saturated rings. The molecule has 1 aromatic carbocycles. The van der Waals surface area contributed by atoms with Crippen LogP contribution in [0.2, 0.25) is 0 Å². The van der Waals surface area contributed by atoms with E-state index in [0.29, 0.717) is 0 Å². The summed E-state index contributed by atoms with van der Waals surface area (Å²) >= 11 is 0. The second kappa shape index (κ2) is 4.99. The van der Waals surface area contributed by atoms with Crippen molar-refractivity contribution in [1.82, 2.24) is 0 Å². The molecule has 2 nitrogen and oxygen atoms in total. The number of hydrogen-bond donors (Lipinski definition) is 0. The molecule has 1 heterocycles. The predicted octanol–water partition coefficient (Wildman–Crippen LogP) is 3.89. The lowest BCUT2D eigenvalue weighted by molar-refractivity contribution is 0.00578. The molecule has 1 aliphatic heterocycles. The Morgan fingerprint density at radius 3 is 2.05 bits per heavy atom. The van der Waals surface area contributed by atoms with Crippen molar-refractivity contribution in [1.29, 1.82) is 0 Å². The summed E-state index contributed by atoms with van der Waals surface area (Å²) in [7, 11) is -0.335. The second-order valence-corrected chi connectivity index (χ2v) is 5.82. The predicted molar refractivity (Wildman–Crippen MR) is 80.7 cm³/mol. The standard InChI is InChI=1S/C16H21BO2/c1-6-13(14-10-8-7-9-11-14)12-17-18-15(2,3)16(4,5)19-17/h6-12H,1H2,2-5H3/b13-12+. The largest absolute Gasteiger partial charge is 0.487 e. The first-order valence-electron chi connectivity index (χ1n) is 6.61. The number of benzene rings is 1. The molecule has 0 atom stereocenters. The van der Waals surface area contributed by atoms with Gasteiger partial charge in [0.05, 0.1) is 11.2 Å². The lowest BCUT2D eigenvalue weighted by Crippen LogP contribution is -2.41. The first-order valence-corrected chi connectivity index (χ1v) is 6.61. The van der Waals surface area contributed by atoms with Gasteiger partial charge in [-0.25, -0.2) is 0 Å². The Morgan fingerprint density at radius 1 is 1.05 bits per heavy atom. The molecule has 0 bridgehead atoms. The Morgan fingerprint density at radius 2 is 1.58 bits per heavy atom. The minimum absolute atomic E-state index is 0.308. The highest BCUT2D eigenvalue weighted by Crippen LogP contribution is 2.37. The molecule has 19 heavy (non-hydrogen) atoms. The number of hydrogen-bond acceptors (Lipinski definition) is 2. The van der Waals surface area contributed by atoms with Crippen LogP contribution in [0.1, 0.15) is 33.3 Å². The summed E-state index contributed by atoms with van der Waals surface area (Å²) < 4.78 is 11.9. The highest BCUT2D eigenvalue weighted by molar-refractivity contribution is 6.53. The Bertz CT molecular complexity index is 473. The Balaban J connectivity index is 2.25. The van der Waals surface area contributed by atoms with E-state index in [0.717, 1.165) is 11.1 Å². The van der Waals surface area contributed by atoms with Gasteiger partial charge in [-0.2, -0.15) is 0 Å². The van der Waals surface area contributed by atoms with Crippen molar-refractivity contribution in [3.8, 4) is 0 Å². The van der Waals surface area contributed by atoms with Gasteiger partial charge in [-0.05, 0) is 44.8 Å². The molecule has 0 amide bonds. The highest BCUT2D eigenvalue weighted by atomic mass is 16.7. The van der Waals surface area contributed by atoms with Crippen LogP contribution in [0.15, 0.2) is 49.0 Å². The number of allylic oxidation sites excluding steroid dienone is 2. The average Bonchev–Trinajstić information content (AvgIpc) is 2.56. The highest BCUT2D eigenvalue weighted by Gasteiger charge is 2.50. The van der Waals surface area contributed by atoms with E-state index in [1.165, 1.54) is 0 Å². The van der Waals surface area contributed by atoms with E-state index < -0.39 is 0 Å². The van der Waals surface area contributed by atoms with Crippen molar-refractivity contribution >= 4 is 12.7 Å². The van der Waals surface area contributed by atoms with Crippen LogP contribution in [0.5, 0.6) is 0 Å². The van der Waals surface area contributed by atoms with Crippen LogP contribution in [0, 0.1) is 0 Å². The third-order valence-corrected chi connectivity index (χ3v) is 3.91. The average molecular weight is 256 g/mol. The minimum Gasteiger partial charge on any atom is -0.400 e. The molecule has 2 rings (SSSR count).